The molecule has 2 fully saturated rings. The Balaban J connectivity index is 1.63. The zero-order chi connectivity index (χ0) is 23.1. The molecule has 32 heavy (non-hydrogen) atoms. The lowest BCUT2D eigenvalue weighted by Crippen LogP contribution is -2.40. The highest BCUT2D eigenvalue weighted by atomic mass is 32.2. The second kappa shape index (κ2) is 11.5. The van der Waals surface area contributed by atoms with Gasteiger partial charge in [-0.2, -0.15) is 0 Å². The van der Waals surface area contributed by atoms with Crippen LogP contribution >= 0.6 is 0 Å². The molecule has 8 heteroatoms. The van der Waals surface area contributed by atoms with E-state index < -0.39 is 10.0 Å². The number of rotatable bonds is 9. The van der Waals surface area contributed by atoms with Crippen molar-refractivity contribution in [3.63, 3.8) is 0 Å². The van der Waals surface area contributed by atoms with Gasteiger partial charge in [-0.3, -0.25) is 4.79 Å². The highest BCUT2D eigenvalue weighted by Crippen LogP contribution is 2.26. The number of hydrogen-bond acceptors (Lipinski definition) is 5. The molecule has 7 nitrogen and oxygen atoms in total. The molecule has 0 saturated carbocycles. The summed E-state index contributed by atoms with van der Waals surface area (Å²) in [6.07, 6.45) is 7.58. The monoisotopic (exact) mass is 465 g/mol. The molecule has 1 aromatic rings. The maximum Gasteiger partial charge on any atom is 0.257 e. The van der Waals surface area contributed by atoms with E-state index in [9.17, 15) is 13.2 Å². The minimum atomic E-state index is -3.70. The van der Waals surface area contributed by atoms with Crippen LogP contribution in [-0.4, -0.2) is 70.0 Å². The predicted octanol–water partition coefficient (Wildman–Crippen LogP) is 3.50. The van der Waals surface area contributed by atoms with Gasteiger partial charge in [0.1, 0.15) is 5.75 Å². The second-order valence-corrected chi connectivity index (χ2v) is 10.9. The van der Waals surface area contributed by atoms with Crippen LogP contribution in [0.4, 0.5) is 0 Å². The van der Waals surface area contributed by atoms with Crippen LogP contribution in [0.3, 0.4) is 0 Å². The molecule has 1 atom stereocenters. The summed E-state index contributed by atoms with van der Waals surface area (Å²) in [4.78, 5) is 17.5. The fourth-order valence-electron chi connectivity index (χ4n) is 4.79. The molecule has 2 aliphatic rings. The van der Waals surface area contributed by atoms with Crippen LogP contribution in [0.1, 0.15) is 69.2 Å². The van der Waals surface area contributed by atoms with Crippen molar-refractivity contribution in [1.29, 1.82) is 0 Å². The SMILES string of the molecule is CC[C@@H]1CCCCN1CCCNS(=O)(=O)c1ccc(OC)c(C(=O)N2CCC(C)CC2)c1. The Kier molecular flexibility index (Phi) is 8.96. The van der Waals surface area contributed by atoms with E-state index in [1.807, 2.05) is 0 Å². The van der Waals surface area contributed by atoms with E-state index in [0.29, 0.717) is 42.9 Å². The average Bonchev–Trinajstić information content (AvgIpc) is 2.81. The van der Waals surface area contributed by atoms with Crippen molar-refractivity contribution in [3.8, 4) is 5.75 Å². The van der Waals surface area contributed by atoms with Crippen molar-refractivity contribution in [1.82, 2.24) is 14.5 Å². The smallest absolute Gasteiger partial charge is 0.257 e. The summed E-state index contributed by atoms with van der Waals surface area (Å²) in [5.74, 6) is 0.846. The molecule has 3 rings (SSSR count). The van der Waals surface area contributed by atoms with Gasteiger partial charge in [0.25, 0.3) is 5.91 Å². The number of piperidine rings is 2. The van der Waals surface area contributed by atoms with Crippen molar-refractivity contribution in [3.05, 3.63) is 23.8 Å². The van der Waals surface area contributed by atoms with Crippen LogP contribution in [0.25, 0.3) is 0 Å². The summed E-state index contributed by atoms with van der Waals surface area (Å²) in [6.45, 7) is 8.18. The van der Waals surface area contributed by atoms with E-state index in [-0.39, 0.29) is 10.8 Å². The number of nitrogens with zero attached hydrogens (tertiary/aromatic N) is 2. The number of hydrogen-bond donors (Lipinski definition) is 1. The minimum absolute atomic E-state index is 0.108. The summed E-state index contributed by atoms with van der Waals surface area (Å²) >= 11 is 0. The van der Waals surface area contributed by atoms with Crippen LogP contribution < -0.4 is 9.46 Å². The largest absolute Gasteiger partial charge is 0.496 e. The third-order valence-corrected chi connectivity index (χ3v) is 8.38. The van der Waals surface area contributed by atoms with Crippen molar-refractivity contribution in [2.45, 2.75) is 69.7 Å². The molecule has 2 saturated heterocycles. The van der Waals surface area contributed by atoms with Crippen LogP contribution in [0.5, 0.6) is 5.75 Å². The minimum Gasteiger partial charge on any atom is -0.496 e. The van der Waals surface area contributed by atoms with Gasteiger partial charge in [0, 0.05) is 25.7 Å². The number of sulfonamides is 1. The summed E-state index contributed by atoms with van der Waals surface area (Å²) in [6, 6.07) is 5.16. The van der Waals surface area contributed by atoms with Gasteiger partial charge in [0.05, 0.1) is 17.6 Å². The molecule has 2 heterocycles. The van der Waals surface area contributed by atoms with E-state index in [0.717, 1.165) is 38.8 Å². The maximum atomic E-state index is 13.1. The molecule has 0 aliphatic carbocycles. The Morgan fingerprint density at radius 3 is 2.59 bits per heavy atom. The Labute approximate surface area is 193 Å². The number of benzene rings is 1. The first-order valence-corrected chi connectivity index (χ1v) is 13.5. The van der Waals surface area contributed by atoms with Crippen molar-refractivity contribution >= 4 is 15.9 Å². The summed E-state index contributed by atoms with van der Waals surface area (Å²) < 4.78 is 33.9. The first-order valence-electron chi connectivity index (χ1n) is 12.1. The van der Waals surface area contributed by atoms with Crippen LogP contribution in [0.15, 0.2) is 23.1 Å². The quantitative estimate of drug-likeness (QED) is 0.565. The van der Waals surface area contributed by atoms with E-state index in [1.54, 1.807) is 11.0 Å². The number of methoxy groups -OCH3 is 1. The predicted molar refractivity (Wildman–Crippen MR) is 127 cm³/mol. The van der Waals surface area contributed by atoms with E-state index in [1.165, 1.54) is 38.5 Å². The number of carbonyl (C=O) groups excluding carboxylic acids is 1. The van der Waals surface area contributed by atoms with Crippen LogP contribution in [0, 0.1) is 5.92 Å². The molecule has 0 aromatic heterocycles. The lowest BCUT2D eigenvalue weighted by Gasteiger charge is -2.35. The van der Waals surface area contributed by atoms with Gasteiger partial charge >= 0.3 is 0 Å². The number of nitrogens with one attached hydrogen (secondary N) is 1. The first kappa shape index (κ1) is 25.0. The second-order valence-electron chi connectivity index (χ2n) is 9.18. The zero-order valence-electron chi connectivity index (χ0n) is 19.8. The lowest BCUT2D eigenvalue weighted by atomic mass is 9.98. The normalized spacial score (nSPS) is 21.0. The highest BCUT2D eigenvalue weighted by molar-refractivity contribution is 7.89. The number of carbonyl (C=O) groups is 1. The average molecular weight is 466 g/mol. The third kappa shape index (κ3) is 6.23. The Morgan fingerprint density at radius 1 is 1.16 bits per heavy atom. The lowest BCUT2D eigenvalue weighted by molar-refractivity contribution is 0.0693. The summed E-state index contributed by atoms with van der Waals surface area (Å²) in [5, 5.41) is 0. The molecular weight excluding hydrogens is 426 g/mol. The van der Waals surface area contributed by atoms with E-state index in [4.69, 9.17) is 4.74 Å². The fourth-order valence-corrected chi connectivity index (χ4v) is 5.89. The van der Waals surface area contributed by atoms with Gasteiger partial charge in [0.2, 0.25) is 10.0 Å². The molecule has 180 valence electrons. The standard InChI is InChI=1S/C24H39N3O4S/c1-4-20-8-5-6-14-26(20)15-7-13-25-32(29,30)21-9-10-23(31-3)22(18-21)24(28)27-16-11-19(2)12-17-27/h9-10,18-20,25H,4-8,11-17H2,1-3H3/t20-/m1/s1. The van der Waals surface area contributed by atoms with E-state index in [2.05, 4.69) is 23.5 Å². The van der Waals surface area contributed by atoms with Gasteiger partial charge in [-0.15, -0.1) is 0 Å². The maximum absolute atomic E-state index is 13.1. The van der Waals surface area contributed by atoms with E-state index >= 15 is 0 Å². The number of amides is 1. The molecule has 0 bridgehead atoms. The summed E-state index contributed by atoms with van der Waals surface area (Å²) in [5.41, 5.74) is 0.309. The Bertz CT molecular complexity index is 866. The molecule has 1 N–H and O–H groups in total. The van der Waals surface area contributed by atoms with Gasteiger partial charge in [-0.25, -0.2) is 13.1 Å². The Morgan fingerprint density at radius 2 is 1.91 bits per heavy atom. The van der Waals surface area contributed by atoms with Crippen molar-refractivity contribution in [2.75, 3.05) is 39.8 Å². The van der Waals surface area contributed by atoms with Gasteiger partial charge in [-0.1, -0.05) is 20.3 Å². The molecule has 0 spiro atoms. The van der Waals surface area contributed by atoms with Gasteiger partial charge in [0.15, 0.2) is 0 Å². The molecule has 1 aromatic carbocycles. The third-order valence-electron chi connectivity index (χ3n) is 6.92. The molecule has 1 amide bonds. The van der Waals surface area contributed by atoms with Gasteiger partial charge in [-0.05, 0) is 75.7 Å². The molecule has 2 aliphatic heterocycles. The Hall–Kier alpha value is -1.64. The van der Waals surface area contributed by atoms with Crippen molar-refractivity contribution in [2.24, 2.45) is 5.92 Å². The molecule has 0 unspecified atom stereocenters. The van der Waals surface area contributed by atoms with Gasteiger partial charge < -0.3 is 14.5 Å². The number of ether oxygens (including phenoxy) is 1. The number of likely N-dealkylation sites (tertiary alicyclic amines) is 2. The highest BCUT2D eigenvalue weighted by Gasteiger charge is 2.26. The topological polar surface area (TPSA) is 79.0 Å². The van der Waals surface area contributed by atoms with Crippen LogP contribution in [-0.2, 0) is 10.0 Å². The fraction of sp³-hybridized carbons (Fsp3) is 0.708. The first-order chi connectivity index (χ1) is 15.4. The zero-order valence-corrected chi connectivity index (χ0v) is 20.6. The molecular formula is C24H39N3O4S. The van der Waals surface area contributed by atoms with Crippen LogP contribution in [0.2, 0.25) is 0 Å². The van der Waals surface area contributed by atoms with Crippen molar-refractivity contribution < 1.29 is 17.9 Å². The molecule has 0 radical (unpaired) electrons. The summed E-state index contributed by atoms with van der Waals surface area (Å²) in [7, 11) is -2.20.